The monoisotopic (exact) mass is 312 g/mol. The Morgan fingerprint density at radius 2 is 2.04 bits per heavy atom. The maximum absolute atomic E-state index is 12.8. The van der Waals surface area contributed by atoms with E-state index in [9.17, 15) is 9.18 Å². The third kappa shape index (κ3) is 4.20. The molecule has 1 aliphatic heterocycles. The molecule has 118 valence electrons. The van der Waals surface area contributed by atoms with E-state index in [-0.39, 0.29) is 5.69 Å². The van der Waals surface area contributed by atoms with E-state index >= 15 is 0 Å². The number of piperidine rings is 1. The summed E-state index contributed by atoms with van der Waals surface area (Å²) in [5.74, 6) is -0.441. The number of anilines is 1. The summed E-state index contributed by atoms with van der Waals surface area (Å²) >= 11 is 0. The molecule has 0 atom stereocenters. The zero-order chi connectivity index (χ0) is 16.1. The van der Waals surface area contributed by atoms with Crippen molar-refractivity contribution in [3.63, 3.8) is 0 Å². The molecule has 23 heavy (non-hydrogen) atoms. The number of nitrogens with one attached hydrogen (secondary N) is 2. The van der Waals surface area contributed by atoms with E-state index in [1.165, 1.54) is 17.7 Å². The number of nitrogens with zero attached hydrogens (tertiary/aromatic N) is 2. The first kappa shape index (κ1) is 15.3. The summed E-state index contributed by atoms with van der Waals surface area (Å²) in [6.07, 6.45) is 5.10. The number of hydrogen-bond donors (Lipinski definition) is 2. The fourth-order valence-corrected chi connectivity index (χ4v) is 2.39. The third-order valence-electron chi connectivity index (χ3n) is 3.57. The van der Waals surface area contributed by atoms with Crippen molar-refractivity contribution in [2.45, 2.75) is 12.8 Å². The molecule has 1 fully saturated rings. The van der Waals surface area contributed by atoms with Crippen LogP contribution in [0.15, 0.2) is 42.1 Å². The van der Waals surface area contributed by atoms with Gasteiger partial charge in [0.1, 0.15) is 17.3 Å². The number of rotatable bonds is 3. The molecule has 6 heteroatoms. The Kier molecular flexibility index (Phi) is 4.73. The summed E-state index contributed by atoms with van der Waals surface area (Å²) in [7, 11) is 0. The predicted octanol–water partition coefficient (Wildman–Crippen LogP) is 2.63. The number of halogens is 1. The Morgan fingerprint density at radius 3 is 2.78 bits per heavy atom. The molecule has 0 bridgehead atoms. The normalized spacial score (nSPS) is 14.4. The lowest BCUT2D eigenvalue weighted by atomic mass is 10.0. The summed E-state index contributed by atoms with van der Waals surface area (Å²) in [5, 5.41) is 5.99. The molecule has 0 unspecified atom stereocenters. The van der Waals surface area contributed by atoms with Crippen molar-refractivity contribution < 1.29 is 9.18 Å². The second kappa shape index (κ2) is 7.11. The Hall–Kier alpha value is -2.60. The molecule has 2 N–H and O–H groups in total. The average molecular weight is 312 g/mol. The number of pyridine rings is 2. The molecule has 0 aromatic carbocycles. The first-order chi connectivity index (χ1) is 11.2. The number of carbonyl (C=O) groups is 1. The van der Waals surface area contributed by atoms with Gasteiger partial charge in [0.25, 0.3) is 5.91 Å². The molecule has 0 spiro atoms. The Labute approximate surface area is 133 Å². The van der Waals surface area contributed by atoms with Crippen molar-refractivity contribution in [2.24, 2.45) is 0 Å². The largest absolute Gasteiger partial charge is 0.316 e. The minimum Gasteiger partial charge on any atom is -0.316 e. The number of carbonyl (C=O) groups excluding carboxylic acids is 1. The molecule has 1 aliphatic rings. The van der Waals surface area contributed by atoms with E-state index < -0.39 is 11.7 Å². The molecule has 1 saturated heterocycles. The quantitative estimate of drug-likeness (QED) is 0.914. The standard InChI is InChI=1S/C17H17FN4O/c18-13-4-5-15(20-11-13)17(23)22-16-3-1-2-14(21-16)10-12-6-8-19-9-7-12/h1-5,10-11,19H,6-9H2,(H,21,22,23). The van der Waals surface area contributed by atoms with Crippen LogP contribution in [0.3, 0.4) is 0 Å². The smallest absolute Gasteiger partial charge is 0.275 e. The molecular formula is C17H17FN4O. The fourth-order valence-electron chi connectivity index (χ4n) is 2.39. The van der Waals surface area contributed by atoms with Gasteiger partial charge in [0.2, 0.25) is 0 Å². The second-order valence-corrected chi connectivity index (χ2v) is 5.32. The van der Waals surface area contributed by atoms with Gasteiger partial charge in [0.15, 0.2) is 0 Å². The van der Waals surface area contributed by atoms with Crippen LogP contribution in [-0.2, 0) is 0 Å². The minimum absolute atomic E-state index is 0.148. The average Bonchev–Trinajstić information content (AvgIpc) is 2.57. The highest BCUT2D eigenvalue weighted by molar-refractivity contribution is 6.02. The van der Waals surface area contributed by atoms with Crippen LogP contribution in [0.25, 0.3) is 6.08 Å². The first-order valence-corrected chi connectivity index (χ1v) is 7.51. The minimum atomic E-state index is -0.477. The molecule has 5 nitrogen and oxygen atoms in total. The van der Waals surface area contributed by atoms with Gasteiger partial charge in [-0.2, -0.15) is 0 Å². The van der Waals surface area contributed by atoms with Crippen molar-refractivity contribution in [1.82, 2.24) is 15.3 Å². The SMILES string of the molecule is O=C(Nc1cccc(C=C2CCNCC2)n1)c1ccc(F)cn1. The van der Waals surface area contributed by atoms with Crippen molar-refractivity contribution in [2.75, 3.05) is 18.4 Å². The summed E-state index contributed by atoms with van der Waals surface area (Å²) in [6, 6.07) is 8.00. The summed E-state index contributed by atoms with van der Waals surface area (Å²) in [4.78, 5) is 20.2. The number of amides is 1. The lowest BCUT2D eigenvalue weighted by Gasteiger charge is -2.15. The van der Waals surface area contributed by atoms with E-state index in [1.807, 2.05) is 12.1 Å². The van der Waals surface area contributed by atoms with Crippen molar-refractivity contribution >= 4 is 17.8 Å². The first-order valence-electron chi connectivity index (χ1n) is 7.51. The van der Waals surface area contributed by atoms with E-state index in [1.54, 1.807) is 6.07 Å². The summed E-state index contributed by atoms with van der Waals surface area (Å²) < 4.78 is 12.8. The van der Waals surface area contributed by atoms with Gasteiger partial charge in [-0.05, 0) is 56.3 Å². The Bertz CT molecular complexity index is 720. The molecule has 0 radical (unpaired) electrons. The van der Waals surface area contributed by atoms with Crippen LogP contribution in [0.2, 0.25) is 0 Å². The van der Waals surface area contributed by atoms with Crippen LogP contribution < -0.4 is 10.6 Å². The molecule has 1 amide bonds. The van der Waals surface area contributed by atoms with Crippen LogP contribution in [0.5, 0.6) is 0 Å². The van der Waals surface area contributed by atoms with Crippen LogP contribution >= 0.6 is 0 Å². The van der Waals surface area contributed by atoms with Crippen molar-refractivity contribution in [3.05, 3.63) is 59.3 Å². The fraction of sp³-hybridized carbons (Fsp3) is 0.235. The molecule has 3 heterocycles. The predicted molar refractivity (Wildman–Crippen MR) is 86.5 cm³/mol. The zero-order valence-corrected chi connectivity index (χ0v) is 12.6. The van der Waals surface area contributed by atoms with Crippen LogP contribution in [0, 0.1) is 5.82 Å². The van der Waals surface area contributed by atoms with Gasteiger partial charge < -0.3 is 10.6 Å². The van der Waals surface area contributed by atoms with E-state index in [2.05, 4.69) is 26.7 Å². The third-order valence-corrected chi connectivity index (χ3v) is 3.57. The second-order valence-electron chi connectivity index (χ2n) is 5.32. The van der Waals surface area contributed by atoms with E-state index in [0.29, 0.717) is 5.82 Å². The topological polar surface area (TPSA) is 66.9 Å². The van der Waals surface area contributed by atoms with Crippen LogP contribution in [-0.4, -0.2) is 29.0 Å². The Morgan fingerprint density at radius 1 is 1.22 bits per heavy atom. The van der Waals surface area contributed by atoms with Crippen LogP contribution in [0.4, 0.5) is 10.2 Å². The van der Waals surface area contributed by atoms with Gasteiger partial charge in [-0.3, -0.25) is 4.79 Å². The number of hydrogen-bond acceptors (Lipinski definition) is 4. The lowest BCUT2D eigenvalue weighted by molar-refractivity contribution is 0.102. The highest BCUT2D eigenvalue weighted by Crippen LogP contribution is 2.15. The summed E-state index contributed by atoms with van der Waals surface area (Å²) in [5.41, 5.74) is 2.31. The van der Waals surface area contributed by atoms with Crippen LogP contribution in [0.1, 0.15) is 29.0 Å². The van der Waals surface area contributed by atoms with E-state index in [0.717, 1.165) is 37.8 Å². The van der Waals surface area contributed by atoms with Gasteiger partial charge in [-0.25, -0.2) is 14.4 Å². The molecule has 3 rings (SSSR count). The highest BCUT2D eigenvalue weighted by atomic mass is 19.1. The van der Waals surface area contributed by atoms with Gasteiger partial charge in [0.05, 0.1) is 11.9 Å². The van der Waals surface area contributed by atoms with Gasteiger partial charge in [0, 0.05) is 0 Å². The Balaban J connectivity index is 1.72. The molecule has 0 saturated carbocycles. The zero-order valence-electron chi connectivity index (χ0n) is 12.6. The van der Waals surface area contributed by atoms with Gasteiger partial charge >= 0.3 is 0 Å². The van der Waals surface area contributed by atoms with Crippen molar-refractivity contribution in [1.29, 1.82) is 0 Å². The summed E-state index contributed by atoms with van der Waals surface area (Å²) in [6.45, 7) is 1.97. The number of aromatic nitrogens is 2. The maximum Gasteiger partial charge on any atom is 0.275 e. The lowest BCUT2D eigenvalue weighted by Crippen LogP contribution is -2.23. The van der Waals surface area contributed by atoms with Gasteiger partial charge in [-0.1, -0.05) is 11.6 Å². The molecular weight excluding hydrogens is 295 g/mol. The highest BCUT2D eigenvalue weighted by Gasteiger charge is 2.09. The molecule has 2 aromatic rings. The van der Waals surface area contributed by atoms with E-state index in [4.69, 9.17) is 0 Å². The van der Waals surface area contributed by atoms with Gasteiger partial charge in [-0.15, -0.1) is 0 Å². The molecule has 0 aliphatic carbocycles. The maximum atomic E-state index is 12.8. The molecule has 2 aromatic heterocycles. The van der Waals surface area contributed by atoms with Crippen molar-refractivity contribution in [3.8, 4) is 0 Å².